The molecule has 6 heteroatoms. The summed E-state index contributed by atoms with van der Waals surface area (Å²) in [6, 6.07) is 3.10. The summed E-state index contributed by atoms with van der Waals surface area (Å²) < 4.78 is 50.7. The van der Waals surface area contributed by atoms with Gasteiger partial charge >= 0.3 is 6.18 Å². The molecule has 1 aromatic carbocycles. The summed E-state index contributed by atoms with van der Waals surface area (Å²) in [7, 11) is 0. The second-order valence-electron chi connectivity index (χ2n) is 4.52. The second kappa shape index (κ2) is 7.59. The predicted molar refractivity (Wildman–Crippen MR) is 70.9 cm³/mol. The molecule has 2 nitrogen and oxygen atoms in total. The topological polar surface area (TPSA) is 15.3 Å². The maximum absolute atomic E-state index is 13.1. The van der Waals surface area contributed by atoms with E-state index in [0.717, 1.165) is 31.8 Å². The van der Waals surface area contributed by atoms with Crippen molar-refractivity contribution in [2.24, 2.45) is 0 Å². The molecule has 0 spiro atoms. The van der Waals surface area contributed by atoms with Crippen LogP contribution in [0.3, 0.4) is 0 Å². The molecule has 0 unspecified atom stereocenters. The molecule has 114 valence electrons. The van der Waals surface area contributed by atoms with E-state index in [1.54, 1.807) is 0 Å². The Balaban J connectivity index is 2.53. The molecule has 0 aliphatic rings. The first-order chi connectivity index (χ1) is 9.38. The van der Waals surface area contributed by atoms with Crippen LogP contribution in [0.2, 0.25) is 0 Å². The predicted octanol–water partition coefficient (Wildman–Crippen LogP) is 3.28. The number of hydrogen-bond acceptors (Lipinski definition) is 2. The Hall–Kier alpha value is -1.14. The highest BCUT2D eigenvalue weighted by molar-refractivity contribution is 5.27. The molecule has 0 aromatic heterocycles. The van der Waals surface area contributed by atoms with Gasteiger partial charge in [0.15, 0.2) is 0 Å². The monoisotopic (exact) mass is 292 g/mol. The van der Waals surface area contributed by atoms with Gasteiger partial charge in [0, 0.05) is 19.6 Å². The highest BCUT2D eigenvalue weighted by Crippen LogP contribution is 2.31. The van der Waals surface area contributed by atoms with Crippen molar-refractivity contribution in [2.75, 3.05) is 26.2 Å². The van der Waals surface area contributed by atoms with E-state index >= 15 is 0 Å². The Kier molecular flexibility index (Phi) is 6.42. The van der Waals surface area contributed by atoms with Crippen LogP contribution in [0, 0.1) is 5.82 Å². The molecule has 0 amide bonds. The Morgan fingerprint density at radius 3 is 2.35 bits per heavy atom. The van der Waals surface area contributed by atoms with E-state index in [2.05, 4.69) is 24.1 Å². The minimum Gasteiger partial charge on any atom is -0.311 e. The highest BCUT2D eigenvalue weighted by atomic mass is 19.4. The summed E-state index contributed by atoms with van der Waals surface area (Å²) in [5, 5.41) is 3.07. The zero-order valence-electron chi connectivity index (χ0n) is 11.7. The van der Waals surface area contributed by atoms with Crippen LogP contribution in [0.4, 0.5) is 17.6 Å². The van der Waals surface area contributed by atoms with Crippen molar-refractivity contribution in [3.05, 3.63) is 35.1 Å². The van der Waals surface area contributed by atoms with Gasteiger partial charge in [-0.05, 0) is 30.8 Å². The van der Waals surface area contributed by atoms with Crippen molar-refractivity contribution < 1.29 is 17.6 Å². The number of likely N-dealkylation sites (N-methyl/N-ethyl adjacent to an activating group) is 1. The number of nitrogens with one attached hydrogen (secondary N) is 1. The van der Waals surface area contributed by atoms with Crippen LogP contribution in [-0.2, 0) is 12.7 Å². The van der Waals surface area contributed by atoms with E-state index in [4.69, 9.17) is 0 Å². The maximum atomic E-state index is 13.1. The van der Waals surface area contributed by atoms with Crippen LogP contribution >= 0.6 is 0 Å². The standard InChI is InChI=1S/C14H20F4N2/c1-3-20(4-2)8-7-19-10-11-5-6-13(15)12(9-11)14(16,17)18/h5-6,9,19H,3-4,7-8,10H2,1-2H3. The summed E-state index contributed by atoms with van der Waals surface area (Å²) in [5.74, 6) is -1.23. The van der Waals surface area contributed by atoms with Crippen LogP contribution in [-0.4, -0.2) is 31.1 Å². The number of hydrogen-bond donors (Lipinski definition) is 1. The molecular weight excluding hydrogens is 272 g/mol. The Labute approximate surface area is 116 Å². The largest absolute Gasteiger partial charge is 0.419 e. The molecule has 0 saturated carbocycles. The third-order valence-corrected chi connectivity index (χ3v) is 3.16. The van der Waals surface area contributed by atoms with Crippen molar-refractivity contribution in [3.63, 3.8) is 0 Å². The summed E-state index contributed by atoms with van der Waals surface area (Å²) in [6.07, 6.45) is -4.65. The Morgan fingerprint density at radius 2 is 1.80 bits per heavy atom. The zero-order chi connectivity index (χ0) is 15.2. The number of benzene rings is 1. The highest BCUT2D eigenvalue weighted by Gasteiger charge is 2.34. The molecule has 0 radical (unpaired) electrons. The van der Waals surface area contributed by atoms with E-state index in [0.29, 0.717) is 18.7 Å². The van der Waals surface area contributed by atoms with Crippen molar-refractivity contribution in [2.45, 2.75) is 26.6 Å². The molecular formula is C14H20F4N2. The molecule has 1 aromatic rings. The van der Waals surface area contributed by atoms with Gasteiger partial charge < -0.3 is 10.2 Å². The molecule has 0 saturated heterocycles. The van der Waals surface area contributed by atoms with Crippen molar-refractivity contribution in [1.82, 2.24) is 10.2 Å². The summed E-state index contributed by atoms with van der Waals surface area (Å²) in [6.45, 7) is 7.80. The number of halogens is 4. The van der Waals surface area contributed by atoms with Gasteiger partial charge in [-0.25, -0.2) is 4.39 Å². The lowest BCUT2D eigenvalue weighted by molar-refractivity contribution is -0.140. The van der Waals surface area contributed by atoms with Gasteiger partial charge in [0.05, 0.1) is 5.56 Å². The number of alkyl halides is 3. The van der Waals surface area contributed by atoms with E-state index in [1.807, 2.05) is 0 Å². The minimum absolute atomic E-state index is 0.296. The summed E-state index contributed by atoms with van der Waals surface area (Å²) >= 11 is 0. The smallest absolute Gasteiger partial charge is 0.311 e. The van der Waals surface area contributed by atoms with Gasteiger partial charge in [-0.2, -0.15) is 13.2 Å². The molecule has 0 aliphatic carbocycles. The molecule has 0 heterocycles. The Bertz CT molecular complexity index is 414. The second-order valence-corrected chi connectivity index (χ2v) is 4.52. The van der Waals surface area contributed by atoms with Gasteiger partial charge in [0.1, 0.15) is 5.82 Å². The average Bonchev–Trinajstić information content (AvgIpc) is 2.39. The molecule has 0 aliphatic heterocycles. The fourth-order valence-electron chi connectivity index (χ4n) is 1.91. The molecule has 1 rings (SSSR count). The first-order valence-electron chi connectivity index (χ1n) is 6.67. The summed E-state index contributed by atoms with van der Waals surface area (Å²) in [4.78, 5) is 2.21. The van der Waals surface area contributed by atoms with Gasteiger partial charge in [-0.3, -0.25) is 0 Å². The van der Waals surface area contributed by atoms with Crippen LogP contribution in [0.1, 0.15) is 25.0 Å². The molecule has 0 atom stereocenters. The molecule has 1 N–H and O–H groups in total. The van der Waals surface area contributed by atoms with Crippen LogP contribution in [0.25, 0.3) is 0 Å². The first kappa shape index (κ1) is 16.9. The number of rotatable bonds is 7. The van der Waals surface area contributed by atoms with Gasteiger partial charge in [0.2, 0.25) is 0 Å². The fourth-order valence-corrected chi connectivity index (χ4v) is 1.91. The molecule has 20 heavy (non-hydrogen) atoms. The minimum atomic E-state index is -4.65. The number of nitrogens with zero attached hydrogens (tertiary/aromatic N) is 1. The zero-order valence-corrected chi connectivity index (χ0v) is 11.7. The van der Waals surface area contributed by atoms with Crippen molar-refractivity contribution in [3.8, 4) is 0 Å². The van der Waals surface area contributed by atoms with E-state index in [9.17, 15) is 17.6 Å². The van der Waals surface area contributed by atoms with E-state index < -0.39 is 17.6 Å². The van der Waals surface area contributed by atoms with Crippen molar-refractivity contribution >= 4 is 0 Å². The quantitative estimate of drug-likeness (QED) is 0.613. The summed E-state index contributed by atoms with van der Waals surface area (Å²) in [5.41, 5.74) is -0.779. The van der Waals surface area contributed by atoms with Gasteiger partial charge in [0.25, 0.3) is 0 Å². The average molecular weight is 292 g/mol. The molecule has 0 bridgehead atoms. The lowest BCUT2D eigenvalue weighted by atomic mass is 10.1. The third kappa shape index (κ3) is 5.09. The first-order valence-corrected chi connectivity index (χ1v) is 6.67. The van der Waals surface area contributed by atoms with Gasteiger partial charge in [-0.1, -0.05) is 19.9 Å². The van der Waals surface area contributed by atoms with Crippen LogP contribution in [0.15, 0.2) is 18.2 Å². The van der Waals surface area contributed by atoms with Gasteiger partial charge in [-0.15, -0.1) is 0 Å². The van der Waals surface area contributed by atoms with Crippen LogP contribution in [0.5, 0.6) is 0 Å². The van der Waals surface area contributed by atoms with E-state index in [1.165, 1.54) is 6.07 Å². The SMILES string of the molecule is CCN(CC)CCNCc1ccc(F)c(C(F)(F)F)c1. The lowest BCUT2D eigenvalue weighted by Gasteiger charge is -2.18. The van der Waals surface area contributed by atoms with E-state index in [-0.39, 0.29) is 0 Å². The normalized spacial score (nSPS) is 12.2. The van der Waals surface area contributed by atoms with Crippen molar-refractivity contribution in [1.29, 1.82) is 0 Å². The maximum Gasteiger partial charge on any atom is 0.419 e. The fraction of sp³-hybridized carbons (Fsp3) is 0.571. The Morgan fingerprint density at radius 1 is 1.15 bits per heavy atom. The lowest BCUT2D eigenvalue weighted by Crippen LogP contribution is -2.31. The molecule has 0 fully saturated rings. The van der Waals surface area contributed by atoms with Crippen LogP contribution < -0.4 is 5.32 Å². The third-order valence-electron chi connectivity index (χ3n) is 3.16.